The third-order valence-corrected chi connectivity index (χ3v) is 3.07. The standard InChI is InChI=1S/C13H17F3N2O/c14-13(15,16)19-12-3-1-2-10(8-12)9-18-11-4-6-17-7-5-11/h1-3,8,11,17-18H,4-7,9H2. The van der Waals surface area contributed by atoms with Crippen molar-refractivity contribution in [3.8, 4) is 5.75 Å². The molecule has 0 aliphatic carbocycles. The van der Waals surface area contributed by atoms with Gasteiger partial charge in [-0.2, -0.15) is 0 Å². The second kappa shape index (κ2) is 6.25. The summed E-state index contributed by atoms with van der Waals surface area (Å²) in [5.74, 6) is -0.169. The fourth-order valence-corrected chi connectivity index (χ4v) is 2.14. The van der Waals surface area contributed by atoms with E-state index < -0.39 is 6.36 Å². The zero-order valence-corrected chi connectivity index (χ0v) is 10.5. The van der Waals surface area contributed by atoms with Gasteiger partial charge in [-0.1, -0.05) is 12.1 Å². The molecule has 3 nitrogen and oxygen atoms in total. The van der Waals surface area contributed by atoms with Gasteiger partial charge in [-0.05, 0) is 43.6 Å². The highest BCUT2D eigenvalue weighted by molar-refractivity contribution is 5.28. The van der Waals surface area contributed by atoms with Crippen LogP contribution in [0.15, 0.2) is 24.3 Å². The number of piperidine rings is 1. The molecule has 1 aliphatic heterocycles. The largest absolute Gasteiger partial charge is 0.573 e. The molecule has 2 N–H and O–H groups in total. The van der Waals surface area contributed by atoms with Crippen LogP contribution in [0.3, 0.4) is 0 Å². The van der Waals surface area contributed by atoms with E-state index in [1.807, 2.05) is 0 Å². The van der Waals surface area contributed by atoms with E-state index in [0.29, 0.717) is 12.6 Å². The fourth-order valence-electron chi connectivity index (χ4n) is 2.14. The molecule has 0 atom stereocenters. The predicted molar refractivity (Wildman–Crippen MR) is 65.9 cm³/mol. The fraction of sp³-hybridized carbons (Fsp3) is 0.538. The molecule has 0 amide bonds. The highest BCUT2D eigenvalue weighted by atomic mass is 19.4. The van der Waals surface area contributed by atoms with Crippen LogP contribution in [0, 0.1) is 0 Å². The molecule has 0 unspecified atom stereocenters. The van der Waals surface area contributed by atoms with Gasteiger partial charge in [0.15, 0.2) is 0 Å². The van der Waals surface area contributed by atoms with Crippen LogP contribution in [-0.2, 0) is 6.54 Å². The van der Waals surface area contributed by atoms with Crippen molar-refractivity contribution in [2.45, 2.75) is 31.8 Å². The van der Waals surface area contributed by atoms with Crippen LogP contribution in [0.4, 0.5) is 13.2 Å². The summed E-state index contributed by atoms with van der Waals surface area (Å²) >= 11 is 0. The maximum absolute atomic E-state index is 12.1. The van der Waals surface area contributed by atoms with Crippen molar-refractivity contribution < 1.29 is 17.9 Å². The van der Waals surface area contributed by atoms with Crippen LogP contribution in [0.1, 0.15) is 18.4 Å². The van der Waals surface area contributed by atoms with Crippen molar-refractivity contribution in [3.63, 3.8) is 0 Å². The van der Waals surface area contributed by atoms with Crippen molar-refractivity contribution in [2.24, 2.45) is 0 Å². The second-order valence-corrected chi connectivity index (χ2v) is 4.60. The lowest BCUT2D eigenvalue weighted by atomic mass is 10.1. The Morgan fingerprint density at radius 3 is 2.68 bits per heavy atom. The third-order valence-electron chi connectivity index (χ3n) is 3.07. The van der Waals surface area contributed by atoms with Gasteiger partial charge in [0.2, 0.25) is 0 Å². The van der Waals surface area contributed by atoms with Gasteiger partial charge in [0.05, 0.1) is 0 Å². The molecule has 0 aromatic heterocycles. The topological polar surface area (TPSA) is 33.3 Å². The highest BCUT2D eigenvalue weighted by Crippen LogP contribution is 2.23. The Balaban J connectivity index is 1.87. The maximum atomic E-state index is 12.1. The lowest BCUT2D eigenvalue weighted by molar-refractivity contribution is -0.274. The number of nitrogens with one attached hydrogen (secondary N) is 2. The molecule has 0 spiro atoms. The first-order valence-electron chi connectivity index (χ1n) is 6.32. The summed E-state index contributed by atoms with van der Waals surface area (Å²) in [5, 5.41) is 6.61. The van der Waals surface area contributed by atoms with Gasteiger partial charge in [0.1, 0.15) is 5.75 Å². The van der Waals surface area contributed by atoms with Crippen molar-refractivity contribution in [3.05, 3.63) is 29.8 Å². The Labute approximate surface area is 110 Å². The van der Waals surface area contributed by atoms with E-state index in [4.69, 9.17) is 0 Å². The van der Waals surface area contributed by atoms with E-state index in [-0.39, 0.29) is 5.75 Å². The zero-order chi connectivity index (χ0) is 13.7. The van der Waals surface area contributed by atoms with Crippen molar-refractivity contribution in [1.29, 1.82) is 0 Å². The minimum Gasteiger partial charge on any atom is -0.406 e. The Kier molecular flexibility index (Phi) is 4.66. The van der Waals surface area contributed by atoms with E-state index in [1.165, 1.54) is 12.1 Å². The number of hydrogen-bond acceptors (Lipinski definition) is 3. The maximum Gasteiger partial charge on any atom is 0.573 e. The smallest absolute Gasteiger partial charge is 0.406 e. The summed E-state index contributed by atoms with van der Waals surface area (Å²) in [6, 6.07) is 6.51. The van der Waals surface area contributed by atoms with Crippen LogP contribution >= 0.6 is 0 Å². The van der Waals surface area contributed by atoms with Gasteiger partial charge in [0.25, 0.3) is 0 Å². The summed E-state index contributed by atoms with van der Waals surface area (Å²) in [6.07, 6.45) is -2.56. The van der Waals surface area contributed by atoms with E-state index in [9.17, 15) is 13.2 Å². The minimum absolute atomic E-state index is 0.169. The molecule has 0 bridgehead atoms. The zero-order valence-electron chi connectivity index (χ0n) is 10.5. The lowest BCUT2D eigenvalue weighted by Crippen LogP contribution is -2.39. The Morgan fingerprint density at radius 2 is 2.00 bits per heavy atom. The number of hydrogen-bond donors (Lipinski definition) is 2. The average Bonchev–Trinajstić information content (AvgIpc) is 2.36. The molecular weight excluding hydrogens is 257 g/mol. The molecule has 1 fully saturated rings. The average molecular weight is 274 g/mol. The van der Waals surface area contributed by atoms with E-state index in [0.717, 1.165) is 31.5 Å². The summed E-state index contributed by atoms with van der Waals surface area (Å²) in [4.78, 5) is 0. The molecule has 1 heterocycles. The normalized spacial score (nSPS) is 17.4. The number of rotatable bonds is 4. The first kappa shape index (κ1) is 14.1. The minimum atomic E-state index is -4.64. The molecule has 106 valence electrons. The monoisotopic (exact) mass is 274 g/mol. The summed E-state index contributed by atoms with van der Waals surface area (Å²) in [7, 11) is 0. The van der Waals surface area contributed by atoms with Crippen molar-refractivity contribution in [1.82, 2.24) is 10.6 Å². The SMILES string of the molecule is FC(F)(F)Oc1cccc(CNC2CCNCC2)c1. The van der Waals surface area contributed by atoms with Crippen molar-refractivity contribution in [2.75, 3.05) is 13.1 Å². The van der Waals surface area contributed by atoms with Crippen LogP contribution in [0.5, 0.6) is 5.75 Å². The quantitative estimate of drug-likeness (QED) is 0.884. The number of alkyl halides is 3. The third kappa shape index (κ3) is 5.08. The Hall–Kier alpha value is -1.27. The van der Waals surface area contributed by atoms with Crippen LogP contribution in [0.2, 0.25) is 0 Å². The molecule has 19 heavy (non-hydrogen) atoms. The van der Waals surface area contributed by atoms with Crippen LogP contribution < -0.4 is 15.4 Å². The molecule has 1 aliphatic rings. The van der Waals surface area contributed by atoms with Gasteiger partial charge in [-0.25, -0.2) is 0 Å². The van der Waals surface area contributed by atoms with Gasteiger partial charge >= 0.3 is 6.36 Å². The summed E-state index contributed by atoms with van der Waals surface area (Å²) in [5.41, 5.74) is 0.792. The summed E-state index contributed by atoms with van der Waals surface area (Å²) in [6.45, 7) is 2.52. The van der Waals surface area contributed by atoms with Crippen molar-refractivity contribution >= 4 is 0 Å². The number of benzene rings is 1. The predicted octanol–water partition coefficient (Wildman–Crippen LogP) is 2.43. The van der Waals surface area contributed by atoms with Gasteiger partial charge in [-0.3, -0.25) is 0 Å². The summed E-state index contributed by atoms with van der Waals surface area (Å²) < 4.78 is 40.2. The number of ether oxygens (including phenoxy) is 1. The molecule has 2 rings (SSSR count). The Morgan fingerprint density at radius 1 is 1.26 bits per heavy atom. The molecule has 1 aromatic rings. The first-order chi connectivity index (χ1) is 9.03. The second-order valence-electron chi connectivity index (χ2n) is 4.60. The van der Waals surface area contributed by atoms with Gasteiger partial charge < -0.3 is 15.4 Å². The molecular formula is C13H17F3N2O. The Bertz CT molecular complexity index is 403. The van der Waals surface area contributed by atoms with Crippen LogP contribution in [0.25, 0.3) is 0 Å². The molecule has 0 radical (unpaired) electrons. The molecule has 1 aromatic carbocycles. The number of halogens is 3. The highest BCUT2D eigenvalue weighted by Gasteiger charge is 2.31. The van der Waals surface area contributed by atoms with Gasteiger partial charge in [0, 0.05) is 12.6 Å². The van der Waals surface area contributed by atoms with E-state index in [2.05, 4.69) is 15.4 Å². The first-order valence-corrected chi connectivity index (χ1v) is 6.32. The molecule has 0 saturated carbocycles. The van der Waals surface area contributed by atoms with Crippen LogP contribution in [-0.4, -0.2) is 25.5 Å². The molecule has 1 saturated heterocycles. The van der Waals surface area contributed by atoms with E-state index >= 15 is 0 Å². The molecule has 6 heteroatoms. The lowest BCUT2D eigenvalue weighted by Gasteiger charge is -2.23. The van der Waals surface area contributed by atoms with Gasteiger partial charge in [-0.15, -0.1) is 13.2 Å². The van der Waals surface area contributed by atoms with E-state index in [1.54, 1.807) is 12.1 Å².